The van der Waals surface area contributed by atoms with Gasteiger partial charge in [0, 0.05) is 30.8 Å². The lowest BCUT2D eigenvalue weighted by Gasteiger charge is -2.20. The van der Waals surface area contributed by atoms with Crippen molar-refractivity contribution in [3.8, 4) is 0 Å². The zero-order valence-electron chi connectivity index (χ0n) is 12.8. The van der Waals surface area contributed by atoms with E-state index in [1.54, 1.807) is 23.1 Å². The summed E-state index contributed by atoms with van der Waals surface area (Å²) in [5.41, 5.74) is 0.707. The summed E-state index contributed by atoms with van der Waals surface area (Å²) in [5, 5.41) is 10.6. The summed E-state index contributed by atoms with van der Waals surface area (Å²) >= 11 is 0. The van der Waals surface area contributed by atoms with Crippen LogP contribution in [0.25, 0.3) is 6.08 Å². The number of ether oxygens (including phenoxy) is 1. The summed E-state index contributed by atoms with van der Waals surface area (Å²) < 4.78 is 4.59. The summed E-state index contributed by atoms with van der Waals surface area (Å²) in [4.78, 5) is 35.3. The maximum atomic E-state index is 12.3. The number of nitro benzene ring substituents is 1. The summed E-state index contributed by atoms with van der Waals surface area (Å²) in [6, 6.07) is 6.13. The number of benzene rings is 1. The second-order valence-electron chi connectivity index (χ2n) is 5.27. The molecule has 0 aromatic heterocycles. The highest BCUT2D eigenvalue weighted by molar-refractivity contribution is 5.92. The van der Waals surface area contributed by atoms with Crippen LogP contribution in [0.2, 0.25) is 0 Å². The highest BCUT2D eigenvalue weighted by Gasteiger charge is 2.31. The van der Waals surface area contributed by atoms with Crippen molar-refractivity contribution in [3.05, 3.63) is 46.0 Å². The van der Waals surface area contributed by atoms with Crippen molar-refractivity contribution in [2.75, 3.05) is 13.7 Å². The molecule has 1 aromatic carbocycles. The lowest BCUT2D eigenvalue weighted by molar-refractivity contribution is -0.384. The molecule has 0 unspecified atom stereocenters. The van der Waals surface area contributed by atoms with Gasteiger partial charge in [-0.05, 0) is 36.6 Å². The second-order valence-corrected chi connectivity index (χ2v) is 5.27. The van der Waals surface area contributed by atoms with Crippen LogP contribution in [0.1, 0.15) is 24.8 Å². The molecule has 1 fully saturated rings. The smallest absolute Gasteiger partial charge is 0.307 e. The van der Waals surface area contributed by atoms with Crippen LogP contribution in [-0.2, 0) is 14.3 Å². The van der Waals surface area contributed by atoms with E-state index in [1.807, 2.05) is 0 Å². The molecule has 1 amide bonds. The van der Waals surface area contributed by atoms with Gasteiger partial charge in [-0.1, -0.05) is 0 Å². The molecule has 0 radical (unpaired) electrons. The van der Waals surface area contributed by atoms with Gasteiger partial charge in [-0.3, -0.25) is 19.7 Å². The molecule has 0 spiro atoms. The largest absolute Gasteiger partial charge is 0.469 e. The van der Waals surface area contributed by atoms with Gasteiger partial charge < -0.3 is 9.64 Å². The number of esters is 1. The number of hydrogen-bond acceptors (Lipinski definition) is 5. The molecule has 0 saturated heterocycles. The first kappa shape index (κ1) is 16.7. The Morgan fingerprint density at radius 1 is 1.35 bits per heavy atom. The predicted molar refractivity (Wildman–Crippen MR) is 83.5 cm³/mol. The van der Waals surface area contributed by atoms with E-state index >= 15 is 0 Å². The topological polar surface area (TPSA) is 89.8 Å². The molecule has 7 nitrogen and oxygen atoms in total. The van der Waals surface area contributed by atoms with E-state index in [0.717, 1.165) is 12.8 Å². The molecule has 0 heterocycles. The van der Waals surface area contributed by atoms with Gasteiger partial charge >= 0.3 is 5.97 Å². The third kappa shape index (κ3) is 4.91. The minimum Gasteiger partial charge on any atom is -0.469 e. The van der Waals surface area contributed by atoms with Gasteiger partial charge in [-0.2, -0.15) is 0 Å². The highest BCUT2D eigenvalue weighted by atomic mass is 16.6. The van der Waals surface area contributed by atoms with Crippen molar-refractivity contribution < 1.29 is 19.2 Å². The molecule has 0 aliphatic heterocycles. The first-order chi connectivity index (χ1) is 11.0. The van der Waals surface area contributed by atoms with Crippen LogP contribution < -0.4 is 0 Å². The van der Waals surface area contributed by atoms with Crippen molar-refractivity contribution in [2.45, 2.75) is 25.3 Å². The van der Waals surface area contributed by atoms with E-state index in [4.69, 9.17) is 0 Å². The maximum absolute atomic E-state index is 12.3. The molecule has 0 atom stereocenters. The Balaban J connectivity index is 1.97. The van der Waals surface area contributed by atoms with Gasteiger partial charge in [0.15, 0.2) is 0 Å². The Labute approximate surface area is 133 Å². The summed E-state index contributed by atoms with van der Waals surface area (Å²) in [6.45, 7) is 0.334. The maximum Gasteiger partial charge on any atom is 0.307 e. The van der Waals surface area contributed by atoms with Gasteiger partial charge in [0.25, 0.3) is 5.69 Å². The predicted octanol–water partition coefficient (Wildman–Crippen LogP) is 2.16. The Morgan fingerprint density at radius 3 is 2.52 bits per heavy atom. The Bertz CT molecular complexity index is 620. The van der Waals surface area contributed by atoms with Crippen LogP contribution >= 0.6 is 0 Å². The van der Waals surface area contributed by atoms with Crippen LogP contribution in [0.5, 0.6) is 0 Å². The third-order valence-electron chi connectivity index (χ3n) is 3.58. The number of rotatable bonds is 7. The molecule has 1 aromatic rings. The quantitative estimate of drug-likeness (QED) is 0.332. The van der Waals surface area contributed by atoms with E-state index in [1.165, 1.54) is 25.3 Å². The van der Waals surface area contributed by atoms with E-state index in [2.05, 4.69) is 4.74 Å². The number of non-ortho nitro benzene ring substituents is 1. The molecule has 122 valence electrons. The Morgan fingerprint density at radius 2 is 2.00 bits per heavy atom. The first-order valence-corrected chi connectivity index (χ1v) is 7.31. The number of hydrogen-bond donors (Lipinski definition) is 0. The number of amides is 1. The van der Waals surface area contributed by atoms with Gasteiger partial charge in [-0.15, -0.1) is 0 Å². The van der Waals surface area contributed by atoms with Crippen molar-refractivity contribution in [1.29, 1.82) is 0 Å². The van der Waals surface area contributed by atoms with E-state index < -0.39 is 4.92 Å². The minimum absolute atomic E-state index is 0.00571. The fourth-order valence-corrected chi connectivity index (χ4v) is 2.14. The van der Waals surface area contributed by atoms with E-state index in [-0.39, 0.29) is 30.0 Å². The Hall–Kier alpha value is -2.70. The molecule has 0 N–H and O–H groups in total. The van der Waals surface area contributed by atoms with Gasteiger partial charge in [0.2, 0.25) is 5.91 Å². The van der Waals surface area contributed by atoms with Gasteiger partial charge in [0.05, 0.1) is 18.5 Å². The van der Waals surface area contributed by atoms with Crippen molar-refractivity contribution in [2.24, 2.45) is 0 Å². The molecule has 2 rings (SSSR count). The molecule has 7 heteroatoms. The number of methoxy groups -OCH3 is 1. The number of nitro groups is 1. The SMILES string of the molecule is COC(=O)CCN(C(=O)/C=C/c1ccc([N+](=O)[O-])cc1)C1CC1. The lowest BCUT2D eigenvalue weighted by atomic mass is 10.2. The zero-order valence-corrected chi connectivity index (χ0v) is 12.8. The average molecular weight is 318 g/mol. The molecule has 1 aliphatic carbocycles. The summed E-state index contributed by atoms with van der Waals surface area (Å²) in [7, 11) is 1.32. The minimum atomic E-state index is -0.472. The van der Waals surface area contributed by atoms with E-state index in [0.29, 0.717) is 12.1 Å². The van der Waals surface area contributed by atoms with Crippen LogP contribution in [0, 0.1) is 10.1 Å². The molecule has 1 saturated carbocycles. The molecule has 1 aliphatic rings. The van der Waals surface area contributed by atoms with Crippen molar-refractivity contribution >= 4 is 23.6 Å². The third-order valence-corrected chi connectivity index (χ3v) is 3.58. The monoisotopic (exact) mass is 318 g/mol. The van der Waals surface area contributed by atoms with Crippen LogP contribution in [0.4, 0.5) is 5.69 Å². The summed E-state index contributed by atoms with van der Waals surface area (Å²) in [5.74, 6) is -0.516. The van der Waals surface area contributed by atoms with Crippen LogP contribution in [0.3, 0.4) is 0 Å². The number of carbonyl (C=O) groups excluding carboxylic acids is 2. The van der Waals surface area contributed by atoms with Gasteiger partial charge in [-0.25, -0.2) is 0 Å². The molecule has 23 heavy (non-hydrogen) atoms. The normalized spacial score (nSPS) is 13.8. The van der Waals surface area contributed by atoms with Gasteiger partial charge in [0.1, 0.15) is 0 Å². The first-order valence-electron chi connectivity index (χ1n) is 7.31. The number of nitrogens with zero attached hydrogens (tertiary/aromatic N) is 2. The standard InChI is InChI=1S/C16H18N2O5/c1-23-16(20)10-11-17(13-7-8-13)15(19)9-4-12-2-5-14(6-3-12)18(21)22/h2-6,9,13H,7-8,10-11H2,1H3/b9-4+. The van der Waals surface area contributed by atoms with Crippen molar-refractivity contribution in [1.82, 2.24) is 4.90 Å². The molecule has 0 bridgehead atoms. The second kappa shape index (κ2) is 7.53. The van der Waals surface area contributed by atoms with Crippen LogP contribution in [0.15, 0.2) is 30.3 Å². The van der Waals surface area contributed by atoms with Crippen LogP contribution in [-0.4, -0.2) is 41.4 Å². The average Bonchev–Trinajstić information content (AvgIpc) is 3.38. The lowest BCUT2D eigenvalue weighted by Crippen LogP contribution is -2.33. The highest BCUT2D eigenvalue weighted by Crippen LogP contribution is 2.27. The zero-order chi connectivity index (χ0) is 16.8. The molecular weight excluding hydrogens is 300 g/mol. The van der Waals surface area contributed by atoms with Crippen molar-refractivity contribution in [3.63, 3.8) is 0 Å². The number of carbonyl (C=O) groups is 2. The summed E-state index contributed by atoms with van der Waals surface area (Å²) in [6.07, 6.45) is 5.09. The fraction of sp³-hybridized carbons (Fsp3) is 0.375. The fourth-order valence-electron chi connectivity index (χ4n) is 2.14. The van der Waals surface area contributed by atoms with E-state index in [9.17, 15) is 19.7 Å². The Kier molecular flexibility index (Phi) is 5.46. The molecular formula is C16H18N2O5.